The molecule has 7 nitrogen and oxygen atoms in total. The minimum atomic E-state index is 0.577. The first-order valence-electron chi connectivity index (χ1n) is 6.43. The number of aromatic nitrogens is 5. The van der Waals surface area contributed by atoms with E-state index in [2.05, 4.69) is 30.6 Å². The van der Waals surface area contributed by atoms with Gasteiger partial charge in [-0.3, -0.25) is 0 Å². The molecule has 0 amide bonds. The number of rotatable bonds is 5. The second-order valence-electron chi connectivity index (χ2n) is 4.22. The predicted molar refractivity (Wildman–Crippen MR) is 76.5 cm³/mol. The summed E-state index contributed by atoms with van der Waals surface area (Å²) >= 11 is 0. The molecule has 0 saturated carbocycles. The second-order valence-corrected chi connectivity index (χ2v) is 4.22. The number of hydrogen-bond donors (Lipinski definition) is 2. The van der Waals surface area contributed by atoms with Crippen molar-refractivity contribution in [1.82, 2.24) is 24.3 Å². The van der Waals surface area contributed by atoms with Gasteiger partial charge >= 0.3 is 0 Å². The summed E-state index contributed by atoms with van der Waals surface area (Å²) in [5, 5.41) is 6.47. The molecule has 0 fully saturated rings. The van der Waals surface area contributed by atoms with Gasteiger partial charge in [-0.15, -0.1) is 0 Å². The summed E-state index contributed by atoms with van der Waals surface area (Å²) in [5.74, 6) is 1.54. The zero-order valence-corrected chi connectivity index (χ0v) is 11.1. The maximum Gasteiger partial charge on any atom is 0.180 e. The number of imidazole rings is 1. The lowest BCUT2D eigenvalue weighted by atomic mass is 10.4. The summed E-state index contributed by atoms with van der Waals surface area (Å²) in [6.45, 7) is 3.43. The van der Waals surface area contributed by atoms with Crippen LogP contribution >= 0.6 is 0 Å². The third-order valence-electron chi connectivity index (χ3n) is 2.81. The zero-order valence-electron chi connectivity index (χ0n) is 11.1. The van der Waals surface area contributed by atoms with Gasteiger partial charge in [0.05, 0.1) is 18.4 Å². The SMILES string of the molecule is CCNc1cn2ccnc2c(NCc2ccncn2)n1. The van der Waals surface area contributed by atoms with Crippen molar-refractivity contribution in [3.8, 4) is 0 Å². The van der Waals surface area contributed by atoms with Crippen LogP contribution in [0.15, 0.2) is 37.2 Å². The largest absolute Gasteiger partial charge is 0.369 e. The standard InChI is InChI=1S/C13H15N7/c1-2-15-11-8-20-6-5-16-13(20)12(19-11)17-7-10-3-4-14-9-18-10/h3-6,8-9,15H,2,7H2,1H3,(H,17,19). The Bertz CT molecular complexity index is 692. The molecule has 0 saturated heterocycles. The van der Waals surface area contributed by atoms with Crippen LogP contribution in [0.1, 0.15) is 12.6 Å². The average molecular weight is 269 g/mol. The van der Waals surface area contributed by atoms with Crippen molar-refractivity contribution < 1.29 is 0 Å². The van der Waals surface area contributed by atoms with Gasteiger partial charge in [0.1, 0.15) is 12.1 Å². The van der Waals surface area contributed by atoms with Crippen molar-refractivity contribution in [3.63, 3.8) is 0 Å². The van der Waals surface area contributed by atoms with E-state index in [-0.39, 0.29) is 0 Å². The quantitative estimate of drug-likeness (QED) is 0.731. The highest BCUT2D eigenvalue weighted by molar-refractivity contribution is 5.65. The van der Waals surface area contributed by atoms with E-state index in [9.17, 15) is 0 Å². The Kier molecular flexibility index (Phi) is 3.40. The van der Waals surface area contributed by atoms with Crippen molar-refractivity contribution in [2.75, 3.05) is 17.2 Å². The van der Waals surface area contributed by atoms with Crippen LogP contribution in [0.25, 0.3) is 5.65 Å². The van der Waals surface area contributed by atoms with Crippen molar-refractivity contribution in [3.05, 3.63) is 42.9 Å². The molecule has 20 heavy (non-hydrogen) atoms. The maximum absolute atomic E-state index is 4.53. The summed E-state index contributed by atoms with van der Waals surface area (Å²) < 4.78 is 1.94. The van der Waals surface area contributed by atoms with E-state index in [0.29, 0.717) is 6.54 Å². The van der Waals surface area contributed by atoms with Crippen LogP contribution in [-0.2, 0) is 6.54 Å². The van der Waals surface area contributed by atoms with Gasteiger partial charge in [0, 0.05) is 25.1 Å². The lowest BCUT2D eigenvalue weighted by molar-refractivity contribution is 0.988. The molecule has 0 aromatic carbocycles. The summed E-state index contributed by atoms with van der Waals surface area (Å²) in [4.78, 5) is 16.9. The van der Waals surface area contributed by atoms with Crippen LogP contribution in [0.4, 0.5) is 11.6 Å². The van der Waals surface area contributed by atoms with Gasteiger partial charge in [-0.2, -0.15) is 0 Å². The fourth-order valence-electron chi connectivity index (χ4n) is 1.91. The summed E-state index contributed by atoms with van der Waals surface area (Å²) in [6.07, 6.45) is 8.82. The Balaban J connectivity index is 1.87. The van der Waals surface area contributed by atoms with Gasteiger partial charge in [0.2, 0.25) is 0 Å². The van der Waals surface area contributed by atoms with Crippen LogP contribution in [0.2, 0.25) is 0 Å². The van der Waals surface area contributed by atoms with Crippen LogP contribution in [0.3, 0.4) is 0 Å². The molecule has 3 rings (SSSR count). The first-order chi connectivity index (χ1) is 9.86. The first kappa shape index (κ1) is 12.3. The lowest BCUT2D eigenvalue weighted by Crippen LogP contribution is -2.08. The molecular formula is C13H15N7. The van der Waals surface area contributed by atoms with Gasteiger partial charge in [-0.1, -0.05) is 0 Å². The fraction of sp³-hybridized carbons (Fsp3) is 0.231. The highest BCUT2D eigenvalue weighted by Crippen LogP contribution is 2.16. The number of anilines is 2. The minimum absolute atomic E-state index is 0.577. The van der Waals surface area contributed by atoms with E-state index < -0.39 is 0 Å². The number of fused-ring (bicyclic) bond motifs is 1. The van der Waals surface area contributed by atoms with Crippen molar-refractivity contribution >= 4 is 17.3 Å². The highest BCUT2D eigenvalue weighted by Gasteiger charge is 2.07. The number of nitrogens with one attached hydrogen (secondary N) is 2. The Morgan fingerprint density at radius 2 is 2.15 bits per heavy atom. The molecule has 3 heterocycles. The molecule has 0 atom stereocenters. The molecule has 0 aliphatic rings. The zero-order chi connectivity index (χ0) is 13.8. The minimum Gasteiger partial charge on any atom is -0.369 e. The van der Waals surface area contributed by atoms with E-state index in [1.165, 1.54) is 6.33 Å². The molecule has 0 aliphatic carbocycles. The van der Waals surface area contributed by atoms with Crippen LogP contribution in [-0.4, -0.2) is 30.9 Å². The van der Waals surface area contributed by atoms with Gasteiger partial charge in [0.15, 0.2) is 11.5 Å². The third-order valence-corrected chi connectivity index (χ3v) is 2.81. The highest BCUT2D eigenvalue weighted by atomic mass is 15.1. The molecular weight excluding hydrogens is 254 g/mol. The second kappa shape index (κ2) is 5.52. The van der Waals surface area contributed by atoms with E-state index in [1.54, 1.807) is 12.4 Å². The molecule has 7 heteroatoms. The van der Waals surface area contributed by atoms with E-state index in [1.807, 2.05) is 29.8 Å². The summed E-state index contributed by atoms with van der Waals surface area (Å²) in [6, 6.07) is 1.86. The molecule has 0 spiro atoms. The van der Waals surface area contributed by atoms with Crippen molar-refractivity contribution in [2.24, 2.45) is 0 Å². The predicted octanol–water partition coefficient (Wildman–Crippen LogP) is 1.56. The van der Waals surface area contributed by atoms with Crippen LogP contribution in [0.5, 0.6) is 0 Å². The van der Waals surface area contributed by atoms with Gasteiger partial charge < -0.3 is 15.0 Å². The monoisotopic (exact) mass is 269 g/mol. The molecule has 0 bridgehead atoms. The maximum atomic E-state index is 4.53. The molecule has 0 aliphatic heterocycles. The summed E-state index contributed by atoms with van der Waals surface area (Å²) in [5.41, 5.74) is 1.70. The normalized spacial score (nSPS) is 10.7. The average Bonchev–Trinajstić information content (AvgIpc) is 2.95. The first-order valence-corrected chi connectivity index (χ1v) is 6.43. The van der Waals surface area contributed by atoms with Crippen LogP contribution < -0.4 is 10.6 Å². The van der Waals surface area contributed by atoms with E-state index >= 15 is 0 Å². The van der Waals surface area contributed by atoms with Crippen molar-refractivity contribution in [2.45, 2.75) is 13.5 Å². The molecule has 3 aromatic heterocycles. The third kappa shape index (κ3) is 2.51. The Morgan fingerprint density at radius 3 is 2.95 bits per heavy atom. The number of hydrogen-bond acceptors (Lipinski definition) is 6. The van der Waals surface area contributed by atoms with Gasteiger partial charge in [-0.25, -0.2) is 19.9 Å². The Hall–Kier alpha value is -2.70. The van der Waals surface area contributed by atoms with Crippen molar-refractivity contribution in [1.29, 1.82) is 0 Å². The Labute approximate surface area is 116 Å². The molecule has 0 unspecified atom stereocenters. The van der Waals surface area contributed by atoms with E-state index in [4.69, 9.17) is 0 Å². The van der Waals surface area contributed by atoms with Gasteiger partial charge in [-0.05, 0) is 13.0 Å². The van der Waals surface area contributed by atoms with E-state index in [0.717, 1.165) is 29.5 Å². The smallest absolute Gasteiger partial charge is 0.180 e. The fourth-order valence-corrected chi connectivity index (χ4v) is 1.91. The molecule has 2 N–H and O–H groups in total. The summed E-state index contributed by atoms with van der Waals surface area (Å²) in [7, 11) is 0. The lowest BCUT2D eigenvalue weighted by Gasteiger charge is -2.09. The molecule has 0 radical (unpaired) electrons. The number of nitrogens with zero attached hydrogens (tertiary/aromatic N) is 5. The van der Waals surface area contributed by atoms with Gasteiger partial charge in [0.25, 0.3) is 0 Å². The molecule has 3 aromatic rings. The topological polar surface area (TPSA) is 80.0 Å². The van der Waals surface area contributed by atoms with Crippen LogP contribution in [0, 0.1) is 0 Å². The molecule has 102 valence electrons. The Morgan fingerprint density at radius 1 is 1.20 bits per heavy atom.